The lowest BCUT2D eigenvalue weighted by Gasteiger charge is -2.35. The first-order chi connectivity index (χ1) is 12.5. The minimum atomic E-state index is -4.52. The highest BCUT2D eigenvalue weighted by atomic mass is 19.4. The summed E-state index contributed by atoms with van der Waals surface area (Å²) in [5.74, 6) is 2.10. The standard InChI is InChI=1S/C16H18F5N5O/c1-9(16(19,20)21)22-12-24-11(2-3-14(8-27)4-5-14)25-13(26-12)23-10-6-15(17,18)7-10/h9-10,27H,4-8H2,1H3,(H2,22,23,24,25,26)/t9-/m1/s1. The molecule has 0 amide bonds. The largest absolute Gasteiger partial charge is 0.408 e. The summed E-state index contributed by atoms with van der Waals surface area (Å²) < 4.78 is 64.2. The number of aromatic nitrogens is 3. The zero-order chi connectivity index (χ0) is 19.9. The van der Waals surface area contributed by atoms with Gasteiger partial charge in [-0.2, -0.15) is 28.1 Å². The SMILES string of the molecule is C[C@@H](Nc1nc(C#CC2(CO)CC2)nc(NC2CC(F)(F)C2)n1)C(F)(F)F. The molecule has 0 aliphatic heterocycles. The molecule has 3 rings (SSSR count). The van der Waals surface area contributed by atoms with Crippen molar-refractivity contribution in [2.75, 3.05) is 17.2 Å². The minimum Gasteiger partial charge on any atom is -0.395 e. The van der Waals surface area contributed by atoms with E-state index in [9.17, 15) is 27.1 Å². The van der Waals surface area contributed by atoms with Gasteiger partial charge in [0.05, 0.1) is 12.0 Å². The molecule has 0 saturated heterocycles. The molecule has 2 aliphatic rings. The third kappa shape index (κ3) is 4.94. The van der Waals surface area contributed by atoms with E-state index in [0.717, 1.165) is 6.92 Å². The molecule has 3 N–H and O–H groups in total. The second-order valence-electron chi connectivity index (χ2n) is 7.01. The molecule has 1 atom stereocenters. The summed E-state index contributed by atoms with van der Waals surface area (Å²) in [5.41, 5.74) is -0.525. The van der Waals surface area contributed by atoms with Gasteiger partial charge < -0.3 is 15.7 Å². The van der Waals surface area contributed by atoms with Gasteiger partial charge in [-0.25, -0.2) is 8.78 Å². The molecule has 11 heteroatoms. The van der Waals surface area contributed by atoms with Gasteiger partial charge >= 0.3 is 6.18 Å². The first-order valence-corrected chi connectivity index (χ1v) is 8.38. The van der Waals surface area contributed by atoms with Gasteiger partial charge in [0.1, 0.15) is 6.04 Å². The van der Waals surface area contributed by atoms with Crippen molar-refractivity contribution < 1.29 is 27.1 Å². The minimum absolute atomic E-state index is 0.102. The third-order valence-electron chi connectivity index (χ3n) is 4.49. The van der Waals surface area contributed by atoms with Crippen molar-refractivity contribution in [2.24, 2.45) is 5.41 Å². The summed E-state index contributed by atoms with van der Waals surface area (Å²) in [6, 6.07) is -2.50. The maximum Gasteiger partial charge on any atom is 0.408 e. The van der Waals surface area contributed by atoms with Gasteiger partial charge in [0.2, 0.25) is 17.7 Å². The third-order valence-corrected chi connectivity index (χ3v) is 4.49. The van der Waals surface area contributed by atoms with Gasteiger partial charge in [-0.05, 0) is 25.7 Å². The summed E-state index contributed by atoms with van der Waals surface area (Å²) in [5, 5.41) is 14.1. The molecule has 0 spiro atoms. The van der Waals surface area contributed by atoms with Crippen molar-refractivity contribution in [2.45, 2.75) is 56.8 Å². The molecule has 1 heterocycles. The van der Waals surface area contributed by atoms with Crippen molar-refractivity contribution in [3.8, 4) is 11.8 Å². The monoisotopic (exact) mass is 391 g/mol. The van der Waals surface area contributed by atoms with Crippen LogP contribution >= 0.6 is 0 Å². The summed E-state index contributed by atoms with van der Waals surface area (Å²) in [7, 11) is 0. The number of hydrogen-bond donors (Lipinski definition) is 3. The van der Waals surface area contributed by atoms with Crippen LogP contribution in [0.2, 0.25) is 0 Å². The Labute approximate surface area is 152 Å². The highest BCUT2D eigenvalue weighted by molar-refractivity contribution is 5.41. The number of rotatable bonds is 5. The maximum absolute atomic E-state index is 13.0. The average molecular weight is 391 g/mol. The highest BCUT2D eigenvalue weighted by Crippen LogP contribution is 2.44. The average Bonchev–Trinajstić information content (AvgIpc) is 3.31. The van der Waals surface area contributed by atoms with Gasteiger partial charge in [0, 0.05) is 18.9 Å². The van der Waals surface area contributed by atoms with Crippen molar-refractivity contribution in [1.82, 2.24) is 15.0 Å². The zero-order valence-corrected chi connectivity index (χ0v) is 14.4. The fraction of sp³-hybridized carbons (Fsp3) is 0.688. The molecule has 6 nitrogen and oxygen atoms in total. The van der Waals surface area contributed by atoms with Gasteiger partial charge in [-0.1, -0.05) is 5.92 Å². The number of alkyl halides is 5. The van der Waals surface area contributed by atoms with E-state index in [0.29, 0.717) is 12.8 Å². The molecule has 148 valence electrons. The Morgan fingerprint density at radius 1 is 1.19 bits per heavy atom. The molecule has 1 aromatic heterocycles. The number of halogens is 5. The Balaban J connectivity index is 1.81. The topological polar surface area (TPSA) is 83.0 Å². The fourth-order valence-corrected chi connectivity index (χ4v) is 2.44. The van der Waals surface area contributed by atoms with Gasteiger partial charge in [-0.3, -0.25) is 0 Å². The van der Waals surface area contributed by atoms with Crippen LogP contribution in [0, 0.1) is 17.3 Å². The van der Waals surface area contributed by atoms with Crippen LogP contribution in [0.5, 0.6) is 0 Å². The van der Waals surface area contributed by atoms with Gasteiger partial charge in [0.25, 0.3) is 5.92 Å². The second-order valence-corrected chi connectivity index (χ2v) is 7.01. The molecule has 27 heavy (non-hydrogen) atoms. The van der Waals surface area contributed by atoms with Crippen molar-refractivity contribution in [1.29, 1.82) is 0 Å². The summed E-state index contributed by atoms with van der Waals surface area (Å²) in [6.07, 6.45) is -3.92. The van der Waals surface area contributed by atoms with Crippen LogP contribution in [-0.2, 0) is 0 Å². The number of aliphatic hydroxyl groups excluding tert-OH is 1. The lowest BCUT2D eigenvalue weighted by atomic mass is 9.88. The van der Waals surface area contributed by atoms with Crippen molar-refractivity contribution in [3.63, 3.8) is 0 Å². The molecule has 2 saturated carbocycles. The number of nitrogens with one attached hydrogen (secondary N) is 2. The fourth-order valence-electron chi connectivity index (χ4n) is 2.44. The van der Waals surface area contributed by atoms with E-state index in [1.807, 2.05) is 0 Å². The van der Waals surface area contributed by atoms with E-state index < -0.39 is 42.4 Å². The lowest BCUT2D eigenvalue weighted by molar-refractivity contribution is -0.138. The Hall–Kier alpha value is -2.22. The van der Waals surface area contributed by atoms with E-state index >= 15 is 0 Å². The van der Waals surface area contributed by atoms with E-state index in [1.54, 1.807) is 0 Å². The summed E-state index contributed by atoms with van der Waals surface area (Å²) in [4.78, 5) is 11.7. The van der Waals surface area contributed by atoms with E-state index in [2.05, 4.69) is 37.4 Å². The Kier molecular flexibility index (Phi) is 4.88. The molecular formula is C16H18F5N5O. The first-order valence-electron chi connectivity index (χ1n) is 8.38. The van der Waals surface area contributed by atoms with Crippen LogP contribution in [-0.4, -0.2) is 50.8 Å². The van der Waals surface area contributed by atoms with Crippen molar-refractivity contribution in [3.05, 3.63) is 5.82 Å². The zero-order valence-electron chi connectivity index (χ0n) is 14.4. The van der Waals surface area contributed by atoms with Crippen molar-refractivity contribution >= 4 is 11.9 Å². The van der Waals surface area contributed by atoms with Gasteiger partial charge in [0.15, 0.2) is 0 Å². The number of nitrogens with zero attached hydrogens (tertiary/aromatic N) is 3. The van der Waals surface area contributed by atoms with Crippen LogP contribution < -0.4 is 10.6 Å². The predicted octanol–water partition coefficient (Wildman–Crippen LogP) is 2.57. The Bertz CT molecular complexity index is 761. The molecule has 0 bridgehead atoms. The van der Waals surface area contributed by atoms with Gasteiger partial charge in [-0.15, -0.1) is 0 Å². The smallest absolute Gasteiger partial charge is 0.395 e. The second kappa shape index (κ2) is 6.74. The van der Waals surface area contributed by atoms with Crippen LogP contribution in [0.4, 0.5) is 33.8 Å². The highest BCUT2D eigenvalue weighted by Gasteiger charge is 2.45. The lowest BCUT2D eigenvalue weighted by Crippen LogP contribution is -2.44. The van der Waals surface area contributed by atoms with E-state index in [-0.39, 0.29) is 24.3 Å². The van der Waals surface area contributed by atoms with E-state index in [1.165, 1.54) is 0 Å². The number of aliphatic hydroxyl groups is 1. The predicted molar refractivity (Wildman–Crippen MR) is 86.2 cm³/mol. The number of anilines is 2. The summed E-state index contributed by atoms with van der Waals surface area (Å²) in [6.45, 7) is 0.767. The van der Waals surface area contributed by atoms with Crippen LogP contribution in [0.15, 0.2) is 0 Å². The number of hydrogen-bond acceptors (Lipinski definition) is 6. The molecule has 2 fully saturated rings. The molecule has 0 unspecified atom stereocenters. The molecule has 2 aliphatic carbocycles. The normalized spacial score (nSPS) is 21.4. The molecule has 1 aromatic rings. The summed E-state index contributed by atoms with van der Waals surface area (Å²) >= 11 is 0. The van der Waals surface area contributed by atoms with E-state index in [4.69, 9.17) is 0 Å². The Morgan fingerprint density at radius 2 is 1.81 bits per heavy atom. The Morgan fingerprint density at radius 3 is 2.33 bits per heavy atom. The van der Waals surface area contributed by atoms with Crippen LogP contribution in [0.3, 0.4) is 0 Å². The molecule has 0 aromatic carbocycles. The maximum atomic E-state index is 13.0. The first kappa shape index (κ1) is 19.5. The van der Waals surface area contributed by atoms with Crippen LogP contribution in [0.25, 0.3) is 0 Å². The molecule has 0 radical (unpaired) electrons. The molecular weight excluding hydrogens is 373 g/mol. The van der Waals surface area contributed by atoms with Crippen LogP contribution in [0.1, 0.15) is 38.4 Å². The quantitative estimate of drug-likeness (QED) is 0.529.